The lowest BCUT2D eigenvalue weighted by Crippen LogP contribution is -2.38. The van der Waals surface area contributed by atoms with Crippen molar-refractivity contribution in [2.45, 2.75) is 11.3 Å². The number of carbonyl (C=O) groups is 1. The van der Waals surface area contributed by atoms with Crippen molar-refractivity contribution in [1.29, 1.82) is 0 Å². The molecular formula is C15H16N2O4S. The SMILES string of the molecule is COc1ccc(S(=O)(=O)NC(=O)NC2=CC=CC=CC2)cc1. The lowest BCUT2D eigenvalue weighted by Gasteiger charge is -2.10. The first-order valence-corrected chi connectivity index (χ1v) is 8.00. The molecule has 0 saturated carbocycles. The second-order valence-corrected chi connectivity index (χ2v) is 6.13. The minimum atomic E-state index is -3.93. The highest BCUT2D eigenvalue weighted by molar-refractivity contribution is 7.90. The third-order valence-corrected chi connectivity index (χ3v) is 4.21. The molecule has 0 unspecified atom stereocenters. The van der Waals surface area contributed by atoms with E-state index in [-0.39, 0.29) is 4.90 Å². The number of amides is 2. The van der Waals surface area contributed by atoms with Crippen molar-refractivity contribution < 1.29 is 17.9 Å². The molecule has 0 radical (unpaired) electrons. The molecule has 6 nitrogen and oxygen atoms in total. The van der Waals surface area contributed by atoms with Gasteiger partial charge < -0.3 is 10.1 Å². The minimum absolute atomic E-state index is 0.0157. The fourth-order valence-corrected chi connectivity index (χ4v) is 2.68. The first-order valence-electron chi connectivity index (χ1n) is 6.51. The van der Waals surface area contributed by atoms with Crippen LogP contribution in [0.15, 0.2) is 65.2 Å². The predicted molar refractivity (Wildman–Crippen MR) is 82.8 cm³/mol. The summed E-state index contributed by atoms with van der Waals surface area (Å²) in [5.41, 5.74) is 0.604. The van der Waals surface area contributed by atoms with Gasteiger partial charge in [-0.2, -0.15) is 0 Å². The summed E-state index contributed by atoms with van der Waals surface area (Å²) in [6.07, 6.45) is 9.51. The maximum absolute atomic E-state index is 12.1. The molecule has 0 spiro atoms. The van der Waals surface area contributed by atoms with Crippen LogP contribution in [0.4, 0.5) is 4.79 Å². The average molecular weight is 320 g/mol. The summed E-state index contributed by atoms with van der Waals surface area (Å²) in [6.45, 7) is 0. The van der Waals surface area contributed by atoms with Crippen molar-refractivity contribution in [2.24, 2.45) is 0 Å². The van der Waals surface area contributed by atoms with Gasteiger partial charge in [-0.15, -0.1) is 0 Å². The highest BCUT2D eigenvalue weighted by atomic mass is 32.2. The molecule has 0 aliphatic heterocycles. The molecule has 2 N–H and O–H groups in total. The van der Waals surface area contributed by atoms with E-state index >= 15 is 0 Å². The summed E-state index contributed by atoms with van der Waals surface area (Å²) in [5.74, 6) is 0.533. The van der Waals surface area contributed by atoms with E-state index in [1.807, 2.05) is 23.0 Å². The second-order valence-electron chi connectivity index (χ2n) is 4.44. The van der Waals surface area contributed by atoms with E-state index in [2.05, 4.69) is 5.32 Å². The van der Waals surface area contributed by atoms with E-state index in [1.54, 1.807) is 12.2 Å². The molecule has 2 rings (SSSR count). The molecule has 1 aromatic carbocycles. The molecule has 0 bridgehead atoms. The van der Waals surface area contributed by atoms with Crippen molar-refractivity contribution in [3.8, 4) is 5.75 Å². The van der Waals surface area contributed by atoms with Gasteiger partial charge in [0.2, 0.25) is 0 Å². The quantitative estimate of drug-likeness (QED) is 0.889. The number of ether oxygens (including phenoxy) is 1. The summed E-state index contributed by atoms with van der Waals surface area (Å²) >= 11 is 0. The van der Waals surface area contributed by atoms with E-state index in [0.717, 1.165) is 0 Å². The number of carbonyl (C=O) groups excluding carboxylic acids is 1. The van der Waals surface area contributed by atoms with Crippen molar-refractivity contribution in [1.82, 2.24) is 10.0 Å². The van der Waals surface area contributed by atoms with Crippen LogP contribution in [-0.4, -0.2) is 21.6 Å². The Morgan fingerprint density at radius 3 is 2.55 bits per heavy atom. The second kappa shape index (κ2) is 6.95. The number of urea groups is 1. The first kappa shape index (κ1) is 15.8. The Morgan fingerprint density at radius 1 is 1.14 bits per heavy atom. The van der Waals surface area contributed by atoms with Gasteiger partial charge in [0.05, 0.1) is 12.0 Å². The number of hydrogen-bond donors (Lipinski definition) is 2. The molecule has 2 amide bonds. The van der Waals surface area contributed by atoms with Gasteiger partial charge >= 0.3 is 6.03 Å². The summed E-state index contributed by atoms with van der Waals surface area (Å²) in [7, 11) is -2.44. The molecule has 1 aromatic rings. The summed E-state index contributed by atoms with van der Waals surface area (Å²) in [4.78, 5) is 11.8. The van der Waals surface area contributed by atoms with Crippen LogP contribution in [0, 0.1) is 0 Å². The van der Waals surface area contributed by atoms with E-state index in [4.69, 9.17) is 4.74 Å². The average Bonchev–Trinajstić information content (AvgIpc) is 2.75. The summed E-state index contributed by atoms with van der Waals surface area (Å²) < 4.78 is 31.1. The van der Waals surface area contributed by atoms with Gasteiger partial charge in [0.15, 0.2) is 0 Å². The highest BCUT2D eigenvalue weighted by Crippen LogP contribution is 2.15. The largest absolute Gasteiger partial charge is 0.497 e. The van der Waals surface area contributed by atoms with Crippen LogP contribution >= 0.6 is 0 Å². The zero-order chi connectivity index (χ0) is 16.0. The van der Waals surface area contributed by atoms with Crippen LogP contribution < -0.4 is 14.8 Å². The summed E-state index contributed by atoms with van der Waals surface area (Å²) in [6, 6.07) is 4.95. The van der Waals surface area contributed by atoms with Crippen molar-refractivity contribution >= 4 is 16.1 Å². The molecule has 0 saturated heterocycles. The minimum Gasteiger partial charge on any atom is -0.497 e. The van der Waals surface area contributed by atoms with Gasteiger partial charge in [-0.1, -0.05) is 24.3 Å². The molecule has 7 heteroatoms. The Bertz CT molecular complexity index is 731. The van der Waals surface area contributed by atoms with E-state index < -0.39 is 16.1 Å². The van der Waals surface area contributed by atoms with Crippen LogP contribution in [-0.2, 0) is 10.0 Å². The molecule has 0 aromatic heterocycles. The highest BCUT2D eigenvalue weighted by Gasteiger charge is 2.18. The third kappa shape index (κ3) is 4.23. The normalized spacial score (nSPS) is 14.0. The molecular weight excluding hydrogens is 304 g/mol. The Balaban J connectivity index is 2.04. The van der Waals surface area contributed by atoms with Gasteiger partial charge in [0.1, 0.15) is 5.75 Å². The number of hydrogen-bond acceptors (Lipinski definition) is 4. The standard InChI is InChI=1S/C15H16N2O4S/c1-21-13-8-10-14(11-9-13)22(19,20)17-15(18)16-12-6-4-2-3-5-7-12/h2-6,8-11H,7H2,1H3,(H2,16,17,18). The Hall–Kier alpha value is -2.54. The third-order valence-electron chi connectivity index (χ3n) is 2.86. The van der Waals surface area contributed by atoms with Gasteiger partial charge in [-0.05, 0) is 30.3 Å². The molecule has 0 fully saturated rings. The number of rotatable bonds is 4. The van der Waals surface area contributed by atoms with Gasteiger partial charge in [-0.3, -0.25) is 0 Å². The number of sulfonamides is 1. The molecule has 0 atom stereocenters. The van der Waals surface area contributed by atoms with Crippen LogP contribution in [0.2, 0.25) is 0 Å². The molecule has 116 valence electrons. The fourth-order valence-electron chi connectivity index (χ4n) is 1.78. The monoisotopic (exact) mass is 320 g/mol. The topological polar surface area (TPSA) is 84.5 Å². The van der Waals surface area contributed by atoms with E-state index in [9.17, 15) is 13.2 Å². The smallest absolute Gasteiger partial charge is 0.332 e. The number of benzene rings is 1. The van der Waals surface area contributed by atoms with Crippen LogP contribution in [0.5, 0.6) is 5.75 Å². The number of allylic oxidation sites excluding steroid dienone is 5. The maximum Gasteiger partial charge on any atom is 0.332 e. The van der Waals surface area contributed by atoms with Crippen LogP contribution in [0.3, 0.4) is 0 Å². The van der Waals surface area contributed by atoms with Crippen LogP contribution in [0.1, 0.15) is 6.42 Å². The predicted octanol–water partition coefficient (Wildman–Crippen LogP) is 2.08. The van der Waals surface area contributed by atoms with Gasteiger partial charge in [0, 0.05) is 12.1 Å². The van der Waals surface area contributed by atoms with Crippen LogP contribution in [0.25, 0.3) is 0 Å². The lowest BCUT2D eigenvalue weighted by atomic mass is 10.3. The summed E-state index contributed by atoms with van der Waals surface area (Å²) in [5, 5.41) is 2.51. The van der Waals surface area contributed by atoms with E-state index in [1.165, 1.54) is 31.4 Å². The fraction of sp³-hybridized carbons (Fsp3) is 0.133. The Morgan fingerprint density at radius 2 is 1.86 bits per heavy atom. The van der Waals surface area contributed by atoms with Crippen molar-refractivity contribution in [3.05, 3.63) is 60.3 Å². The zero-order valence-corrected chi connectivity index (χ0v) is 12.8. The Kier molecular flexibility index (Phi) is 5.00. The lowest BCUT2D eigenvalue weighted by molar-refractivity contribution is 0.248. The van der Waals surface area contributed by atoms with Crippen molar-refractivity contribution in [3.63, 3.8) is 0 Å². The molecule has 1 aliphatic carbocycles. The van der Waals surface area contributed by atoms with Gasteiger partial charge in [-0.25, -0.2) is 17.9 Å². The zero-order valence-electron chi connectivity index (χ0n) is 11.9. The van der Waals surface area contributed by atoms with Gasteiger partial charge in [0.25, 0.3) is 10.0 Å². The Labute approximate surface area is 129 Å². The maximum atomic E-state index is 12.1. The molecule has 22 heavy (non-hydrogen) atoms. The van der Waals surface area contributed by atoms with E-state index in [0.29, 0.717) is 17.9 Å². The molecule has 1 aliphatic rings. The number of nitrogens with one attached hydrogen (secondary N) is 2. The number of methoxy groups -OCH3 is 1. The first-order chi connectivity index (χ1) is 10.5. The van der Waals surface area contributed by atoms with Crippen molar-refractivity contribution in [2.75, 3.05) is 7.11 Å². The molecule has 0 heterocycles.